The van der Waals surface area contributed by atoms with Crippen LogP contribution >= 0.6 is 0 Å². The van der Waals surface area contributed by atoms with Gasteiger partial charge in [-0.3, -0.25) is 9.69 Å². The van der Waals surface area contributed by atoms with E-state index in [1.807, 2.05) is 50.2 Å². The quantitative estimate of drug-likeness (QED) is 0.759. The summed E-state index contributed by atoms with van der Waals surface area (Å²) in [6, 6.07) is 7.58. The Hall–Kier alpha value is -1.68. The maximum Gasteiger partial charge on any atom is 0.275 e. The smallest absolute Gasteiger partial charge is 0.275 e. The van der Waals surface area contributed by atoms with Crippen molar-refractivity contribution in [1.82, 2.24) is 14.7 Å². The van der Waals surface area contributed by atoms with Gasteiger partial charge in [0.05, 0.1) is 17.7 Å². The number of hydrogen-bond acceptors (Lipinski definition) is 3. The van der Waals surface area contributed by atoms with Crippen LogP contribution in [0.1, 0.15) is 5.69 Å². The summed E-state index contributed by atoms with van der Waals surface area (Å²) in [7, 11) is 3.83. The molecule has 0 amide bonds. The molecule has 0 spiro atoms. The summed E-state index contributed by atoms with van der Waals surface area (Å²) >= 11 is 0. The summed E-state index contributed by atoms with van der Waals surface area (Å²) in [6.45, 7) is 2.43. The van der Waals surface area contributed by atoms with E-state index in [1.165, 1.54) is 4.68 Å². The van der Waals surface area contributed by atoms with Crippen LogP contribution < -0.4 is 5.56 Å². The van der Waals surface area contributed by atoms with Crippen LogP contribution in [0, 0.1) is 6.92 Å². The number of rotatable bonds is 2. The van der Waals surface area contributed by atoms with E-state index in [0.717, 1.165) is 16.5 Å². The molecule has 4 heteroatoms. The first-order chi connectivity index (χ1) is 7.59. The van der Waals surface area contributed by atoms with E-state index in [2.05, 4.69) is 5.10 Å². The average molecular weight is 217 g/mol. The number of benzene rings is 1. The molecule has 0 saturated carbocycles. The molecule has 1 aromatic heterocycles. The van der Waals surface area contributed by atoms with Crippen LogP contribution in [0.15, 0.2) is 29.1 Å². The Morgan fingerprint density at radius 3 is 2.50 bits per heavy atom. The second kappa shape index (κ2) is 4.06. The molecule has 0 aliphatic carbocycles. The fourth-order valence-electron chi connectivity index (χ4n) is 1.77. The number of hydrogen-bond donors (Lipinski definition) is 0. The van der Waals surface area contributed by atoms with Crippen LogP contribution in [0.5, 0.6) is 0 Å². The summed E-state index contributed by atoms with van der Waals surface area (Å²) in [4.78, 5) is 14.0. The third-order valence-electron chi connectivity index (χ3n) is 2.47. The van der Waals surface area contributed by atoms with Crippen LogP contribution in [0.25, 0.3) is 10.8 Å². The highest BCUT2D eigenvalue weighted by atomic mass is 16.1. The Kier molecular flexibility index (Phi) is 2.75. The van der Waals surface area contributed by atoms with Crippen molar-refractivity contribution in [3.63, 3.8) is 0 Å². The van der Waals surface area contributed by atoms with Crippen molar-refractivity contribution in [3.8, 4) is 0 Å². The first kappa shape index (κ1) is 10.8. The molecule has 0 aliphatic heterocycles. The highest BCUT2D eigenvalue weighted by Crippen LogP contribution is 2.11. The summed E-state index contributed by atoms with van der Waals surface area (Å²) in [5.41, 5.74) is 0.854. The van der Waals surface area contributed by atoms with Gasteiger partial charge in [0.2, 0.25) is 0 Å². The standard InChI is InChI=1S/C12H15N3O/c1-9-10-6-4-5-7-11(10)12(16)15(13-9)8-14(2)3/h4-7H,8H2,1-3H3. The second-order valence-electron chi connectivity index (χ2n) is 4.16. The average Bonchev–Trinajstić information content (AvgIpc) is 2.25. The van der Waals surface area contributed by atoms with Crippen LogP contribution in [-0.4, -0.2) is 28.8 Å². The van der Waals surface area contributed by atoms with Gasteiger partial charge in [0.1, 0.15) is 0 Å². The minimum atomic E-state index is -0.0325. The van der Waals surface area contributed by atoms with Crippen LogP contribution in [-0.2, 0) is 6.67 Å². The zero-order valence-electron chi connectivity index (χ0n) is 9.77. The highest BCUT2D eigenvalue weighted by molar-refractivity contribution is 5.83. The normalized spacial score (nSPS) is 11.2. The van der Waals surface area contributed by atoms with Crippen LogP contribution in [0.4, 0.5) is 0 Å². The number of fused-ring (bicyclic) bond motifs is 1. The van der Waals surface area contributed by atoms with Gasteiger partial charge >= 0.3 is 0 Å². The summed E-state index contributed by atoms with van der Waals surface area (Å²) in [5.74, 6) is 0. The summed E-state index contributed by atoms with van der Waals surface area (Å²) in [5, 5.41) is 5.97. The molecule has 0 fully saturated rings. The Bertz CT molecular complexity index is 572. The third-order valence-corrected chi connectivity index (χ3v) is 2.47. The Morgan fingerprint density at radius 1 is 1.25 bits per heavy atom. The van der Waals surface area contributed by atoms with Crippen molar-refractivity contribution >= 4 is 10.8 Å². The molecule has 0 radical (unpaired) electrons. The van der Waals surface area contributed by atoms with Gasteiger partial charge in [-0.1, -0.05) is 18.2 Å². The molecule has 0 unspecified atom stereocenters. The molecule has 16 heavy (non-hydrogen) atoms. The van der Waals surface area contributed by atoms with Crippen molar-refractivity contribution < 1.29 is 0 Å². The second-order valence-corrected chi connectivity index (χ2v) is 4.16. The van der Waals surface area contributed by atoms with Gasteiger partial charge in [-0.25, -0.2) is 4.68 Å². The van der Waals surface area contributed by atoms with E-state index >= 15 is 0 Å². The van der Waals surface area contributed by atoms with E-state index in [4.69, 9.17) is 0 Å². The van der Waals surface area contributed by atoms with E-state index < -0.39 is 0 Å². The van der Waals surface area contributed by atoms with Gasteiger partial charge < -0.3 is 0 Å². The highest BCUT2D eigenvalue weighted by Gasteiger charge is 2.07. The fourth-order valence-corrected chi connectivity index (χ4v) is 1.77. The predicted octanol–water partition coefficient (Wildman–Crippen LogP) is 1.22. The van der Waals surface area contributed by atoms with Crippen molar-refractivity contribution in [2.75, 3.05) is 14.1 Å². The lowest BCUT2D eigenvalue weighted by molar-refractivity contribution is 0.298. The van der Waals surface area contributed by atoms with E-state index in [9.17, 15) is 4.79 Å². The zero-order valence-corrected chi connectivity index (χ0v) is 9.77. The summed E-state index contributed by atoms with van der Waals surface area (Å²) < 4.78 is 1.50. The molecule has 1 heterocycles. The molecule has 0 bridgehead atoms. The lowest BCUT2D eigenvalue weighted by Crippen LogP contribution is -2.30. The fraction of sp³-hybridized carbons (Fsp3) is 0.333. The number of aryl methyl sites for hydroxylation is 1. The topological polar surface area (TPSA) is 38.1 Å². The lowest BCUT2D eigenvalue weighted by atomic mass is 10.1. The SMILES string of the molecule is Cc1nn(CN(C)C)c(=O)c2ccccc12. The third kappa shape index (κ3) is 1.84. The first-order valence-corrected chi connectivity index (χ1v) is 5.21. The van der Waals surface area contributed by atoms with Crippen molar-refractivity contribution in [2.24, 2.45) is 0 Å². The number of aromatic nitrogens is 2. The molecule has 0 aliphatic rings. The lowest BCUT2D eigenvalue weighted by Gasteiger charge is -2.12. The van der Waals surface area contributed by atoms with E-state index in [0.29, 0.717) is 6.67 Å². The first-order valence-electron chi connectivity index (χ1n) is 5.21. The number of nitrogens with zero attached hydrogens (tertiary/aromatic N) is 3. The van der Waals surface area contributed by atoms with Crippen LogP contribution in [0.3, 0.4) is 0 Å². The van der Waals surface area contributed by atoms with Gasteiger partial charge in [-0.05, 0) is 27.1 Å². The molecule has 2 rings (SSSR count). The van der Waals surface area contributed by atoms with Gasteiger partial charge in [0.25, 0.3) is 5.56 Å². The minimum Gasteiger partial charge on any atom is -0.290 e. The van der Waals surface area contributed by atoms with E-state index in [1.54, 1.807) is 0 Å². The molecule has 84 valence electrons. The van der Waals surface area contributed by atoms with Crippen molar-refractivity contribution in [1.29, 1.82) is 0 Å². The van der Waals surface area contributed by atoms with Gasteiger partial charge in [0.15, 0.2) is 0 Å². The van der Waals surface area contributed by atoms with Crippen molar-refractivity contribution in [3.05, 3.63) is 40.3 Å². The van der Waals surface area contributed by atoms with Gasteiger partial charge in [-0.2, -0.15) is 5.10 Å². The molecule has 4 nitrogen and oxygen atoms in total. The largest absolute Gasteiger partial charge is 0.290 e. The molecule has 2 aromatic rings. The monoisotopic (exact) mass is 217 g/mol. The zero-order chi connectivity index (χ0) is 11.7. The minimum absolute atomic E-state index is 0.0325. The van der Waals surface area contributed by atoms with Crippen LogP contribution in [0.2, 0.25) is 0 Å². The maximum atomic E-state index is 12.1. The molecule has 0 N–H and O–H groups in total. The Labute approximate surface area is 94.1 Å². The Morgan fingerprint density at radius 2 is 1.88 bits per heavy atom. The molecular weight excluding hydrogens is 202 g/mol. The summed E-state index contributed by atoms with van der Waals surface area (Å²) in [6.07, 6.45) is 0. The molecular formula is C12H15N3O. The van der Waals surface area contributed by atoms with Gasteiger partial charge in [0, 0.05) is 5.39 Å². The molecule has 0 atom stereocenters. The Balaban J connectivity index is 2.71. The predicted molar refractivity (Wildman–Crippen MR) is 64.4 cm³/mol. The maximum absolute atomic E-state index is 12.1. The van der Waals surface area contributed by atoms with Gasteiger partial charge in [-0.15, -0.1) is 0 Å². The molecule has 1 aromatic carbocycles. The molecule has 0 saturated heterocycles. The van der Waals surface area contributed by atoms with Crippen molar-refractivity contribution in [2.45, 2.75) is 13.6 Å². The van der Waals surface area contributed by atoms with E-state index in [-0.39, 0.29) is 5.56 Å².